The molecule has 3 nitrogen and oxygen atoms in total. The summed E-state index contributed by atoms with van der Waals surface area (Å²) in [5.41, 5.74) is 1.56. The molecule has 2 aromatic rings. The third-order valence-corrected chi connectivity index (χ3v) is 5.55. The topological polar surface area (TPSA) is 32.3 Å². The molecular formula is C19H20F2N2OS. The molecule has 0 spiro atoms. The normalized spacial score (nSPS) is 17.8. The zero-order valence-corrected chi connectivity index (χ0v) is 14.6. The molecule has 6 heteroatoms. The molecule has 1 saturated heterocycles. The fraction of sp³-hybridized carbons (Fsp3) is 0.316. The average molecular weight is 362 g/mol. The predicted molar refractivity (Wildman–Crippen MR) is 96.4 cm³/mol. The Labute approximate surface area is 150 Å². The third kappa shape index (κ3) is 4.72. The summed E-state index contributed by atoms with van der Waals surface area (Å²) < 4.78 is 26.9. The number of amides is 2. The van der Waals surface area contributed by atoms with Crippen molar-refractivity contribution in [3.63, 3.8) is 0 Å². The highest BCUT2D eigenvalue weighted by molar-refractivity contribution is 7.99. The van der Waals surface area contributed by atoms with Crippen molar-refractivity contribution in [2.75, 3.05) is 18.8 Å². The van der Waals surface area contributed by atoms with Gasteiger partial charge in [0.05, 0.1) is 0 Å². The predicted octanol–water partition coefficient (Wildman–Crippen LogP) is 4.35. The van der Waals surface area contributed by atoms with Gasteiger partial charge in [-0.2, -0.15) is 11.8 Å². The highest BCUT2D eigenvalue weighted by Gasteiger charge is 2.23. The molecule has 0 radical (unpaired) electrons. The van der Waals surface area contributed by atoms with Crippen LogP contribution in [0.25, 0.3) is 0 Å². The Morgan fingerprint density at radius 1 is 1.12 bits per heavy atom. The molecule has 3 rings (SSSR count). The second kappa shape index (κ2) is 8.34. The average Bonchev–Trinajstić information content (AvgIpc) is 2.87. The minimum atomic E-state index is -0.293. The van der Waals surface area contributed by atoms with Crippen LogP contribution < -0.4 is 5.32 Å². The van der Waals surface area contributed by atoms with Gasteiger partial charge in [-0.3, -0.25) is 0 Å². The summed E-state index contributed by atoms with van der Waals surface area (Å²) in [5.74, 6) is 0.288. The van der Waals surface area contributed by atoms with Crippen LogP contribution >= 0.6 is 11.8 Å². The van der Waals surface area contributed by atoms with Gasteiger partial charge in [-0.1, -0.05) is 30.3 Å². The van der Waals surface area contributed by atoms with Crippen molar-refractivity contribution in [1.29, 1.82) is 0 Å². The monoisotopic (exact) mass is 362 g/mol. The Morgan fingerprint density at radius 2 is 1.88 bits per heavy atom. The van der Waals surface area contributed by atoms with E-state index in [1.165, 1.54) is 18.2 Å². The maximum absolute atomic E-state index is 14.0. The Kier molecular flexibility index (Phi) is 5.91. The molecular weight excluding hydrogens is 342 g/mol. The van der Waals surface area contributed by atoms with E-state index in [0.29, 0.717) is 25.2 Å². The first-order valence-corrected chi connectivity index (χ1v) is 9.31. The first-order valence-electron chi connectivity index (χ1n) is 8.27. The summed E-state index contributed by atoms with van der Waals surface area (Å²) in [4.78, 5) is 14.1. The number of halogens is 2. The van der Waals surface area contributed by atoms with Gasteiger partial charge in [0.15, 0.2) is 0 Å². The smallest absolute Gasteiger partial charge is 0.317 e. The van der Waals surface area contributed by atoms with E-state index in [1.54, 1.807) is 34.9 Å². The van der Waals surface area contributed by atoms with Gasteiger partial charge in [-0.25, -0.2) is 13.6 Å². The third-order valence-electron chi connectivity index (χ3n) is 4.24. The molecule has 1 heterocycles. The number of hydrogen-bond acceptors (Lipinski definition) is 2. The second-order valence-electron chi connectivity index (χ2n) is 5.94. The highest BCUT2D eigenvalue weighted by Crippen LogP contribution is 2.35. The van der Waals surface area contributed by atoms with Crippen LogP contribution in [-0.2, 0) is 6.54 Å². The van der Waals surface area contributed by atoms with Gasteiger partial charge in [-0.15, -0.1) is 0 Å². The van der Waals surface area contributed by atoms with Gasteiger partial charge in [-0.05, 0) is 30.2 Å². The number of thioether (sulfide) groups is 1. The number of benzene rings is 2. The Balaban J connectivity index is 1.54. The molecule has 25 heavy (non-hydrogen) atoms. The maximum atomic E-state index is 14.0. The van der Waals surface area contributed by atoms with E-state index in [9.17, 15) is 13.6 Å². The number of nitrogens with one attached hydrogen (secondary N) is 1. The van der Waals surface area contributed by atoms with Gasteiger partial charge in [0.1, 0.15) is 11.6 Å². The molecule has 2 amide bonds. The van der Waals surface area contributed by atoms with E-state index in [4.69, 9.17) is 0 Å². The first-order chi connectivity index (χ1) is 12.1. The number of urea groups is 1. The molecule has 0 saturated carbocycles. The van der Waals surface area contributed by atoms with Gasteiger partial charge in [0, 0.05) is 36.2 Å². The van der Waals surface area contributed by atoms with Crippen LogP contribution in [0.2, 0.25) is 0 Å². The molecule has 1 fully saturated rings. The SMILES string of the molecule is O=C(NCc1ccc(F)cc1)N1CCSC(c2ccccc2F)CC1. The van der Waals surface area contributed by atoms with Crippen molar-refractivity contribution < 1.29 is 13.6 Å². The van der Waals surface area contributed by atoms with E-state index in [-0.39, 0.29) is 22.9 Å². The number of rotatable bonds is 3. The summed E-state index contributed by atoms with van der Waals surface area (Å²) in [6.07, 6.45) is 0.718. The van der Waals surface area contributed by atoms with Crippen LogP contribution in [0.4, 0.5) is 13.6 Å². The standard InChI is InChI=1S/C19H20F2N2OS/c20-15-7-5-14(6-8-15)13-22-19(24)23-10-9-18(25-12-11-23)16-3-1-2-4-17(16)21/h1-8,18H,9-13H2,(H,22,24). The molecule has 0 aromatic heterocycles. The van der Waals surface area contributed by atoms with Crippen molar-refractivity contribution in [2.45, 2.75) is 18.2 Å². The molecule has 132 valence electrons. The molecule has 1 unspecified atom stereocenters. The summed E-state index contributed by atoms with van der Waals surface area (Å²) in [6, 6.07) is 12.8. The Morgan fingerprint density at radius 3 is 2.64 bits per heavy atom. The van der Waals surface area contributed by atoms with Crippen LogP contribution in [0.15, 0.2) is 48.5 Å². The quantitative estimate of drug-likeness (QED) is 0.880. The summed E-state index contributed by atoms with van der Waals surface area (Å²) in [5, 5.41) is 2.93. The largest absolute Gasteiger partial charge is 0.334 e. The molecule has 1 aliphatic rings. The van der Waals surface area contributed by atoms with Crippen molar-refractivity contribution in [3.05, 3.63) is 71.3 Å². The Bertz CT molecular complexity index is 724. The van der Waals surface area contributed by atoms with Crippen LogP contribution in [0, 0.1) is 11.6 Å². The van der Waals surface area contributed by atoms with Crippen molar-refractivity contribution >= 4 is 17.8 Å². The van der Waals surface area contributed by atoms with Crippen molar-refractivity contribution in [2.24, 2.45) is 0 Å². The van der Waals surface area contributed by atoms with Crippen molar-refractivity contribution in [1.82, 2.24) is 10.2 Å². The zero-order valence-electron chi connectivity index (χ0n) is 13.8. The van der Waals surface area contributed by atoms with Crippen molar-refractivity contribution in [3.8, 4) is 0 Å². The molecule has 1 aliphatic heterocycles. The Hall–Kier alpha value is -2.08. The molecule has 0 aliphatic carbocycles. The molecule has 1 N–H and O–H groups in total. The van der Waals surface area contributed by atoms with Gasteiger partial charge in [0.25, 0.3) is 0 Å². The zero-order chi connectivity index (χ0) is 17.6. The first kappa shape index (κ1) is 17.7. The summed E-state index contributed by atoms with van der Waals surface area (Å²) >= 11 is 1.69. The lowest BCUT2D eigenvalue weighted by molar-refractivity contribution is 0.200. The van der Waals surface area contributed by atoms with Crippen LogP contribution in [0.5, 0.6) is 0 Å². The fourth-order valence-electron chi connectivity index (χ4n) is 2.85. The number of carbonyl (C=O) groups is 1. The molecule has 1 atom stereocenters. The number of nitrogens with zero attached hydrogens (tertiary/aromatic N) is 1. The van der Waals surface area contributed by atoms with E-state index in [0.717, 1.165) is 17.7 Å². The van der Waals surface area contributed by atoms with Crippen LogP contribution in [-0.4, -0.2) is 29.8 Å². The molecule has 2 aromatic carbocycles. The van der Waals surface area contributed by atoms with Crippen LogP contribution in [0.1, 0.15) is 22.8 Å². The van der Waals surface area contributed by atoms with Gasteiger partial charge in [0.2, 0.25) is 0 Å². The summed E-state index contributed by atoms with van der Waals surface area (Å²) in [6.45, 7) is 1.58. The lowest BCUT2D eigenvalue weighted by Gasteiger charge is -2.21. The fourth-order valence-corrected chi connectivity index (χ4v) is 4.10. The summed E-state index contributed by atoms with van der Waals surface area (Å²) in [7, 11) is 0. The highest BCUT2D eigenvalue weighted by atomic mass is 32.2. The number of hydrogen-bond donors (Lipinski definition) is 1. The molecule has 0 bridgehead atoms. The minimum Gasteiger partial charge on any atom is -0.334 e. The van der Waals surface area contributed by atoms with E-state index in [2.05, 4.69) is 5.32 Å². The lowest BCUT2D eigenvalue weighted by atomic mass is 10.1. The maximum Gasteiger partial charge on any atom is 0.317 e. The van der Waals surface area contributed by atoms with Gasteiger partial charge >= 0.3 is 6.03 Å². The lowest BCUT2D eigenvalue weighted by Crippen LogP contribution is -2.40. The van der Waals surface area contributed by atoms with E-state index >= 15 is 0 Å². The number of carbonyl (C=O) groups excluding carboxylic acids is 1. The minimum absolute atomic E-state index is 0.0658. The van der Waals surface area contributed by atoms with E-state index in [1.807, 2.05) is 12.1 Å². The second-order valence-corrected chi connectivity index (χ2v) is 7.25. The van der Waals surface area contributed by atoms with E-state index < -0.39 is 0 Å². The van der Waals surface area contributed by atoms with Gasteiger partial charge < -0.3 is 10.2 Å². The van der Waals surface area contributed by atoms with Crippen LogP contribution in [0.3, 0.4) is 0 Å².